The monoisotopic (exact) mass is 456 g/mol. The van der Waals surface area contributed by atoms with Crippen molar-refractivity contribution in [1.29, 1.82) is 0 Å². The fourth-order valence-electron chi connectivity index (χ4n) is 3.82. The number of hydrogen-bond donors (Lipinski definition) is 2. The number of nitrogens with zero attached hydrogens (tertiary/aromatic N) is 5. The Labute approximate surface area is 188 Å². The van der Waals surface area contributed by atoms with Crippen LogP contribution in [0.5, 0.6) is 5.88 Å². The summed E-state index contributed by atoms with van der Waals surface area (Å²) in [6.45, 7) is 5.67. The molecule has 1 atom stereocenters. The molecule has 0 radical (unpaired) electrons. The number of amides is 1. The van der Waals surface area contributed by atoms with Crippen LogP contribution in [0.4, 0.5) is 11.5 Å². The number of carboxylic acids is 1. The van der Waals surface area contributed by atoms with Gasteiger partial charge in [-0.15, -0.1) is 0 Å². The zero-order valence-electron chi connectivity index (χ0n) is 17.7. The van der Waals surface area contributed by atoms with Crippen molar-refractivity contribution >= 4 is 35.0 Å². The van der Waals surface area contributed by atoms with Crippen LogP contribution in [-0.4, -0.2) is 49.9 Å². The minimum Gasteiger partial charge on any atom is -0.480 e. The lowest BCUT2D eigenvalue weighted by Crippen LogP contribution is -2.32. The molecule has 1 aromatic carbocycles. The van der Waals surface area contributed by atoms with Crippen molar-refractivity contribution in [3.05, 3.63) is 46.5 Å². The van der Waals surface area contributed by atoms with E-state index < -0.39 is 12.0 Å². The summed E-state index contributed by atoms with van der Waals surface area (Å²) >= 11 is 6.63. The number of hydrogen-bond acceptors (Lipinski definition) is 7. The van der Waals surface area contributed by atoms with E-state index in [1.54, 1.807) is 39.0 Å². The molecule has 0 fully saturated rings. The predicted octanol–water partition coefficient (Wildman–Crippen LogP) is 2.88. The largest absolute Gasteiger partial charge is 0.480 e. The highest BCUT2D eigenvalue weighted by atomic mass is 35.5. The number of nitrogens with two attached hydrogens (primary N) is 1. The Bertz CT molecular complexity index is 1240. The molecular weight excluding hydrogens is 436 g/mol. The summed E-state index contributed by atoms with van der Waals surface area (Å²) in [5.74, 6) is -1.16. The number of aromatic nitrogens is 4. The highest BCUT2D eigenvalue weighted by Crippen LogP contribution is 2.37. The minimum absolute atomic E-state index is 0.0424. The van der Waals surface area contributed by atoms with Crippen LogP contribution < -0.4 is 15.4 Å². The van der Waals surface area contributed by atoms with E-state index in [1.807, 2.05) is 0 Å². The molecule has 10 nitrogen and oxygen atoms in total. The molecule has 32 heavy (non-hydrogen) atoms. The van der Waals surface area contributed by atoms with Gasteiger partial charge in [0.25, 0.3) is 5.91 Å². The predicted molar refractivity (Wildman–Crippen MR) is 118 cm³/mol. The third-order valence-electron chi connectivity index (χ3n) is 5.44. The second-order valence-corrected chi connectivity index (χ2v) is 7.82. The quantitative estimate of drug-likeness (QED) is 0.611. The van der Waals surface area contributed by atoms with Crippen LogP contribution in [0, 0.1) is 13.8 Å². The Hall–Kier alpha value is -3.66. The van der Waals surface area contributed by atoms with Gasteiger partial charge in [-0.05, 0) is 32.9 Å². The molecule has 4 rings (SSSR count). The van der Waals surface area contributed by atoms with E-state index in [4.69, 9.17) is 22.1 Å². The molecule has 1 aliphatic rings. The van der Waals surface area contributed by atoms with Gasteiger partial charge in [-0.2, -0.15) is 5.10 Å². The van der Waals surface area contributed by atoms with E-state index in [0.717, 1.165) is 5.56 Å². The average molecular weight is 457 g/mol. The zero-order valence-corrected chi connectivity index (χ0v) is 18.4. The van der Waals surface area contributed by atoms with E-state index in [1.165, 1.54) is 15.9 Å². The zero-order chi connectivity index (χ0) is 23.2. The number of benzene rings is 1. The number of rotatable bonds is 4. The van der Waals surface area contributed by atoms with Crippen LogP contribution in [0.2, 0.25) is 5.02 Å². The molecule has 0 bridgehead atoms. The smallest absolute Gasteiger partial charge is 0.328 e. The average Bonchev–Trinajstić information content (AvgIpc) is 2.92. The number of halogens is 1. The third kappa shape index (κ3) is 3.52. The standard InChI is InChI=1S/C21H21ClN6O4/c1-10-16(11(2)28(26-10)12(3)21(30)31)14-5-4-13(8-15(14)22)27-6-7-32-19-17(20(27)29)18(23)24-9-25-19/h4-5,8-9,12H,6-7H2,1-3H3,(H,30,31)(H2,23,24,25). The van der Waals surface area contributed by atoms with Crippen molar-refractivity contribution < 1.29 is 19.4 Å². The number of anilines is 2. The van der Waals surface area contributed by atoms with Crippen molar-refractivity contribution in [1.82, 2.24) is 19.7 Å². The van der Waals surface area contributed by atoms with Gasteiger partial charge in [-0.25, -0.2) is 14.8 Å². The Balaban J connectivity index is 1.73. The van der Waals surface area contributed by atoms with Crippen molar-refractivity contribution in [2.45, 2.75) is 26.8 Å². The van der Waals surface area contributed by atoms with E-state index in [9.17, 15) is 14.7 Å². The molecule has 2 aromatic heterocycles. The first kappa shape index (κ1) is 21.6. The summed E-state index contributed by atoms with van der Waals surface area (Å²) < 4.78 is 7.03. The van der Waals surface area contributed by atoms with Crippen molar-refractivity contribution in [2.24, 2.45) is 0 Å². The Morgan fingerprint density at radius 3 is 2.72 bits per heavy atom. The molecule has 0 saturated carbocycles. The van der Waals surface area contributed by atoms with E-state index in [-0.39, 0.29) is 36.3 Å². The van der Waals surface area contributed by atoms with Gasteiger partial charge in [0.1, 0.15) is 30.4 Å². The molecule has 0 spiro atoms. The van der Waals surface area contributed by atoms with E-state index >= 15 is 0 Å². The summed E-state index contributed by atoms with van der Waals surface area (Å²) in [4.78, 5) is 34.0. The summed E-state index contributed by atoms with van der Waals surface area (Å²) in [6, 6.07) is 4.41. The van der Waals surface area contributed by atoms with Gasteiger partial charge >= 0.3 is 5.97 Å². The van der Waals surface area contributed by atoms with Gasteiger partial charge in [0.2, 0.25) is 5.88 Å². The van der Waals surface area contributed by atoms with E-state index in [2.05, 4.69) is 15.1 Å². The molecule has 166 valence electrons. The molecule has 11 heteroatoms. The lowest BCUT2D eigenvalue weighted by Gasteiger charge is -2.21. The first-order valence-electron chi connectivity index (χ1n) is 9.84. The summed E-state index contributed by atoms with van der Waals surface area (Å²) in [6.07, 6.45) is 1.25. The van der Waals surface area contributed by atoms with Gasteiger partial charge in [0.05, 0.1) is 17.3 Å². The molecule has 3 aromatic rings. The number of carbonyl (C=O) groups is 2. The Morgan fingerprint density at radius 2 is 2.03 bits per heavy atom. The van der Waals surface area contributed by atoms with Gasteiger partial charge in [-0.3, -0.25) is 9.48 Å². The number of ether oxygens (including phenoxy) is 1. The number of aliphatic carboxylic acids is 1. The van der Waals surface area contributed by atoms with Crippen LogP contribution in [0.15, 0.2) is 24.5 Å². The number of nitrogen functional groups attached to an aromatic ring is 1. The van der Waals surface area contributed by atoms with Crippen LogP contribution in [0.3, 0.4) is 0 Å². The molecule has 0 saturated heterocycles. The Kier molecular flexibility index (Phi) is 5.47. The minimum atomic E-state index is -0.978. The molecular formula is C21H21ClN6O4. The second-order valence-electron chi connectivity index (χ2n) is 7.41. The van der Waals surface area contributed by atoms with Crippen LogP contribution in [-0.2, 0) is 4.79 Å². The van der Waals surface area contributed by atoms with Gasteiger partial charge in [0, 0.05) is 22.5 Å². The number of carbonyl (C=O) groups excluding carboxylic acids is 1. The van der Waals surface area contributed by atoms with Crippen molar-refractivity contribution in [3.8, 4) is 17.0 Å². The molecule has 3 heterocycles. The fourth-order valence-corrected chi connectivity index (χ4v) is 4.09. The van der Waals surface area contributed by atoms with Crippen molar-refractivity contribution in [3.63, 3.8) is 0 Å². The first-order chi connectivity index (χ1) is 15.2. The van der Waals surface area contributed by atoms with Crippen molar-refractivity contribution in [2.75, 3.05) is 23.8 Å². The van der Waals surface area contributed by atoms with Gasteiger partial charge in [-0.1, -0.05) is 17.7 Å². The number of carboxylic acid groups (broad SMARTS) is 1. The number of aryl methyl sites for hydroxylation is 1. The van der Waals surface area contributed by atoms with E-state index in [0.29, 0.717) is 27.7 Å². The van der Waals surface area contributed by atoms with Gasteiger partial charge < -0.3 is 20.5 Å². The molecule has 3 N–H and O–H groups in total. The lowest BCUT2D eigenvalue weighted by molar-refractivity contribution is -0.140. The lowest BCUT2D eigenvalue weighted by atomic mass is 10.0. The van der Waals surface area contributed by atoms with Crippen LogP contribution >= 0.6 is 11.6 Å². The maximum Gasteiger partial charge on any atom is 0.328 e. The maximum atomic E-state index is 13.1. The third-order valence-corrected chi connectivity index (χ3v) is 5.75. The molecule has 1 aliphatic heterocycles. The Morgan fingerprint density at radius 1 is 1.28 bits per heavy atom. The molecule has 0 aliphatic carbocycles. The molecule has 1 amide bonds. The fraction of sp³-hybridized carbons (Fsp3) is 0.286. The normalized spacial score (nSPS) is 14.5. The summed E-state index contributed by atoms with van der Waals surface area (Å²) in [7, 11) is 0. The number of fused-ring (bicyclic) bond motifs is 1. The topological polar surface area (TPSA) is 136 Å². The highest BCUT2D eigenvalue weighted by Gasteiger charge is 2.29. The first-order valence-corrected chi connectivity index (χ1v) is 10.2. The highest BCUT2D eigenvalue weighted by molar-refractivity contribution is 6.33. The molecule has 1 unspecified atom stereocenters. The van der Waals surface area contributed by atoms with Crippen LogP contribution in [0.25, 0.3) is 11.1 Å². The SMILES string of the molecule is Cc1nn(C(C)C(=O)O)c(C)c1-c1ccc(N2CCOc3ncnc(N)c3C2=O)cc1Cl. The van der Waals surface area contributed by atoms with Gasteiger partial charge in [0.15, 0.2) is 0 Å². The summed E-state index contributed by atoms with van der Waals surface area (Å²) in [5.41, 5.74) is 9.35. The second kappa shape index (κ2) is 8.12. The maximum absolute atomic E-state index is 13.1. The summed E-state index contributed by atoms with van der Waals surface area (Å²) in [5, 5.41) is 14.1. The van der Waals surface area contributed by atoms with Crippen LogP contribution in [0.1, 0.15) is 34.7 Å².